The minimum atomic E-state index is -0.527. The highest BCUT2D eigenvalue weighted by atomic mass is 16.6. The molecule has 1 aromatic carbocycles. The van der Waals surface area contributed by atoms with Gasteiger partial charge >= 0.3 is 6.09 Å². The molecular formula is C22H37N3O3. The lowest BCUT2D eigenvalue weighted by atomic mass is 10.0. The molecule has 6 nitrogen and oxygen atoms in total. The Morgan fingerprint density at radius 3 is 2.39 bits per heavy atom. The fourth-order valence-corrected chi connectivity index (χ4v) is 3.45. The van der Waals surface area contributed by atoms with Gasteiger partial charge in [0, 0.05) is 31.4 Å². The molecule has 158 valence electrons. The summed E-state index contributed by atoms with van der Waals surface area (Å²) < 4.78 is 11.8. The van der Waals surface area contributed by atoms with Gasteiger partial charge in [-0.1, -0.05) is 6.07 Å². The smallest absolute Gasteiger partial charge is 0.410 e. The third-order valence-corrected chi connectivity index (χ3v) is 4.66. The standard InChI is InChI=1S/C22H37N3O3/c1-16(2)27-20-10-8-9-19(24(6)7)18(20)15-25(17-11-13-23-14-12-17)21(26)28-22(3,4)5/h8-10,16-17,23H,11-15H2,1-7H3. The van der Waals surface area contributed by atoms with Crippen LogP contribution < -0.4 is 15.0 Å². The number of piperidine rings is 1. The number of ether oxygens (including phenoxy) is 2. The Kier molecular flexibility index (Phi) is 7.58. The van der Waals surface area contributed by atoms with Crippen molar-refractivity contribution in [2.45, 2.75) is 71.8 Å². The van der Waals surface area contributed by atoms with Crippen LogP contribution in [0, 0.1) is 0 Å². The fraction of sp³-hybridized carbons (Fsp3) is 0.682. The highest BCUT2D eigenvalue weighted by Crippen LogP contribution is 2.32. The van der Waals surface area contributed by atoms with Crippen molar-refractivity contribution in [3.8, 4) is 5.75 Å². The molecule has 1 amide bonds. The fourth-order valence-electron chi connectivity index (χ4n) is 3.45. The van der Waals surface area contributed by atoms with E-state index in [4.69, 9.17) is 9.47 Å². The first kappa shape index (κ1) is 22.3. The number of nitrogens with one attached hydrogen (secondary N) is 1. The molecule has 1 N–H and O–H groups in total. The third kappa shape index (κ3) is 6.30. The summed E-state index contributed by atoms with van der Waals surface area (Å²) in [6.45, 7) is 12.1. The number of hydrogen-bond acceptors (Lipinski definition) is 5. The van der Waals surface area contributed by atoms with Crippen molar-refractivity contribution in [3.05, 3.63) is 23.8 Å². The Balaban J connectivity index is 2.40. The number of carbonyl (C=O) groups is 1. The van der Waals surface area contributed by atoms with Gasteiger partial charge in [0.05, 0.1) is 12.6 Å². The first-order valence-electron chi connectivity index (χ1n) is 10.2. The van der Waals surface area contributed by atoms with Crippen LogP contribution in [0.15, 0.2) is 18.2 Å². The van der Waals surface area contributed by atoms with Crippen LogP contribution in [-0.2, 0) is 11.3 Å². The summed E-state index contributed by atoms with van der Waals surface area (Å²) >= 11 is 0. The maximum atomic E-state index is 13.1. The minimum Gasteiger partial charge on any atom is -0.491 e. The molecule has 0 aliphatic carbocycles. The van der Waals surface area contributed by atoms with Crippen LogP contribution in [0.5, 0.6) is 5.75 Å². The number of benzene rings is 1. The van der Waals surface area contributed by atoms with Crippen molar-refractivity contribution >= 4 is 11.8 Å². The van der Waals surface area contributed by atoms with Gasteiger partial charge in [-0.2, -0.15) is 0 Å². The largest absolute Gasteiger partial charge is 0.491 e. The van der Waals surface area contributed by atoms with Crippen LogP contribution >= 0.6 is 0 Å². The average molecular weight is 392 g/mol. The predicted molar refractivity (Wildman–Crippen MR) is 114 cm³/mol. The van der Waals surface area contributed by atoms with E-state index in [0.717, 1.165) is 42.9 Å². The zero-order valence-corrected chi connectivity index (χ0v) is 18.5. The van der Waals surface area contributed by atoms with Crippen molar-refractivity contribution in [2.24, 2.45) is 0 Å². The zero-order chi connectivity index (χ0) is 20.9. The number of carbonyl (C=O) groups excluding carboxylic acids is 1. The molecular weight excluding hydrogens is 354 g/mol. The zero-order valence-electron chi connectivity index (χ0n) is 18.5. The molecule has 0 aromatic heterocycles. The lowest BCUT2D eigenvalue weighted by Crippen LogP contribution is -2.47. The summed E-state index contributed by atoms with van der Waals surface area (Å²) in [6, 6.07) is 6.20. The molecule has 0 bridgehead atoms. The Morgan fingerprint density at radius 1 is 1.21 bits per heavy atom. The Hall–Kier alpha value is -1.95. The summed E-state index contributed by atoms with van der Waals surface area (Å²) in [5.41, 5.74) is 1.55. The molecule has 6 heteroatoms. The van der Waals surface area contributed by atoms with Crippen LogP contribution in [0.25, 0.3) is 0 Å². The van der Waals surface area contributed by atoms with E-state index in [1.165, 1.54) is 0 Å². The van der Waals surface area contributed by atoms with Crippen LogP contribution in [-0.4, -0.2) is 55.9 Å². The van der Waals surface area contributed by atoms with E-state index in [1.54, 1.807) is 0 Å². The van der Waals surface area contributed by atoms with Crippen molar-refractivity contribution in [1.82, 2.24) is 10.2 Å². The van der Waals surface area contributed by atoms with E-state index >= 15 is 0 Å². The van der Waals surface area contributed by atoms with Gasteiger partial charge in [-0.25, -0.2) is 4.79 Å². The SMILES string of the molecule is CC(C)Oc1cccc(N(C)C)c1CN(C(=O)OC(C)(C)C)C1CCNCC1. The molecule has 1 aliphatic heterocycles. The summed E-state index contributed by atoms with van der Waals surface area (Å²) in [5, 5.41) is 3.38. The van der Waals surface area contributed by atoms with Crippen molar-refractivity contribution in [1.29, 1.82) is 0 Å². The maximum Gasteiger partial charge on any atom is 0.410 e. The number of anilines is 1. The van der Waals surface area contributed by atoms with E-state index in [0.29, 0.717) is 6.54 Å². The molecule has 1 fully saturated rings. The second-order valence-electron chi connectivity index (χ2n) is 8.90. The molecule has 1 aromatic rings. The summed E-state index contributed by atoms with van der Waals surface area (Å²) in [5.74, 6) is 0.823. The number of hydrogen-bond donors (Lipinski definition) is 1. The lowest BCUT2D eigenvalue weighted by Gasteiger charge is -2.37. The van der Waals surface area contributed by atoms with Gasteiger partial charge < -0.3 is 24.6 Å². The van der Waals surface area contributed by atoms with Crippen LogP contribution in [0.1, 0.15) is 53.0 Å². The van der Waals surface area contributed by atoms with E-state index in [2.05, 4.69) is 16.3 Å². The van der Waals surface area contributed by atoms with Gasteiger partial charge in [0.1, 0.15) is 11.4 Å². The van der Waals surface area contributed by atoms with Gasteiger partial charge in [0.25, 0.3) is 0 Å². The average Bonchev–Trinajstić information content (AvgIpc) is 2.59. The number of rotatable bonds is 6. The van der Waals surface area contributed by atoms with Crippen molar-refractivity contribution in [3.63, 3.8) is 0 Å². The Morgan fingerprint density at radius 2 is 1.86 bits per heavy atom. The lowest BCUT2D eigenvalue weighted by molar-refractivity contribution is 0.0105. The van der Waals surface area contributed by atoms with Gasteiger partial charge in [-0.05, 0) is 72.7 Å². The number of nitrogens with zero attached hydrogens (tertiary/aromatic N) is 2. The normalized spacial score (nSPS) is 15.4. The highest BCUT2D eigenvalue weighted by molar-refractivity contribution is 5.70. The monoisotopic (exact) mass is 391 g/mol. The first-order chi connectivity index (χ1) is 13.1. The molecule has 28 heavy (non-hydrogen) atoms. The van der Waals surface area contributed by atoms with E-state index in [-0.39, 0.29) is 18.2 Å². The molecule has 1 aliphatic rings. The van der Waals surface area contributed by atoms with Gasteiger partial charge in [-0.3, -0.25) is 0 Å². The topological polar surface area (TPSA) is 54.0 Å². The van der Waals surface area contributed by atoms with E-state index < -0.39 is 5.60 Å². The van der Waals surface area contributed by atoms with Crippen LogP contribution in [0.4, 0.5) is 10.5 Å². The molecule has 1 heterocycles. The number of amides is 1. The van der Waals surface area contributed by atoms with E-state index in [1.807, 2.05) is 65.7 Å². The first-order valence-corrected chi connectivity index (χ1v) is 10.2. The molecule has 0 saturated carbocycles. The quantitative estimate of drug-likeness (QED) is 0.793. The summed E-state index contributed by atoms with van der Waals surface area (Å²) in [6.07, 6.45) is 1.64. The molecule has 0 spiro atoms. The third-order valence-electron chi connectivity index (χ3n) is 4.66. The molecule has 0 radical (unpaired) electrons. The molecule has 0 unspecified atom stereocenters. The van der Waals surface area contributed by atoms with E-state index in [9.17, 15) is 4.79 Å². The summed E-state index contributed by atoms with van der Waals surface area (Å²) in [7, 11) is 4.03. The van der Waals surface area contributed by atoms with Crippen LogP contribution in [0.3, 0.4) is 0 Å². The molecule has 2 rings (SSSR count). The Labute approximate surface area is 170 Å². The van der Waals surface area contributed by atoms with Gasteiger partial charge in [0.15, 0.2) is 0 Å². The van der Waals surface area contributed by atoms with Crippen molar-refractivity contribution < 1.29 is 14.3 Å². The summed E-state index contributed by atoms with van der Waals surface area (Å²) in [4.78, 5) is 17.1. The minimum absolute atomic E-state index is 0.0602. The highest BCUT2D eigenvalue weighted by Gasteiger charge is 2.31. The van der Waals surface area contributed by atoms with Crippen LogP contribution in [0.2, 0.25) is 0 Å². The predicted octanol–water partition coefficient (Wildman–Crippen LogP) is 4.03. The van der Waals surface area contributed by atoms with Gasteiger partial charge in [0.2, 0.25) is 0 Å². The second kappa shape index (κ2) is 9.50. The molecule has 0 atom stereocenters. The Bertz CT molecular complexity index is 647. The molecule has 1 saturated heterocycles. The second-order valence-corrected chi connectivity index (χ2v) is 8.90. The van der Waals surface area contributed by atoms with Crippen molar-refractivity contribution in [2.75, 3.05) is 32.1 Å². The maximum absolute atomic E-state index is 13.1. The van der Waals surface area contributed by atoms with Gasteiger partial charge in [-0.15, -0.1) is 0 Å².